The van der Waals surface area contributed by atoms with E-state index in [2.05, 4.69) is 10.5 Å². The summed E-state index contributed by atoms with van der Waals surface area (Å²) in [5, 5.41) is 7.68. The van der Waals surface area contributed by atoms with Crippen LogP contribution in [0.25, 0.3) is 11.3 Å². The van der Waals surface area contributed by atoms with Gasteiger partial charge in [0.2, 0.25) is 0 Å². The van der Waals surface area contributed by atoms with E-state index in [1.807, 2.05) is 0 Å². The minimum Gasteiger partial charge on any atom is -0.373 e. The van der Waals surface area contributed by atoms with E-state index in [4.69, 9.17) is 32.5 Å². The topological polar surface area (TPSA) is 67.6 Å². The molecule has 2 bridgehead atoms. The zero-order chi connectivity index (χ0) is 28.2. The molecular formula is C28H25Cl2F4N3O3. The van der Waals surface area contributed by atoms with E-state index in [-0.39, 0.29) is 36.4 Å². The monoisotopic (exact) mass is 597 g/mol. The molecule has 3 aliphatic rings. The van der Waals surface area contributed by atoms with E-state index in [1.165, 1.54) is 0 Å². The Labute approximate surface area is 237 Å². The summed E-state index contributed by atoms with van der Waals surface area (Å²) in [4.78, 5) is 14.7. The second-order valence-electron chi connectivity index (χ2n) is 10.6. The lowest BCUT2D eigenvalue weighted by atomic mass is 9.99. The van der Waals surface area contributed by atoms with Gasteiger partial charge < -0.3 is 19.5 Å². The number of rotatable bonds is 6. The molecule has 3 fully saturated rings. The van der Waals surface area contributed by atoms with Gasteiger partial charge in [-0.1, -0.05) is 34.4 Å². The minimum atomic E-state index is -4.72. The summed E-state index contributed by atoms with van der Waals surface area (Å²) in [5.74, 6) is -0.0143. The summed E-state index contributed by atoms with van der Waals surface area (Å²) >= 11 is 12.9. The van der Waals surface area contributed by atoms with E-state index < -0.39 is 23.6 Å². The average molecular weight is 598 g/mol. The van der Waals surface area contributed by atoms with Crippen LogP contribution in [0.3, 0.4) is 0 Å². The number of ether oxygens (including phenoxy) is 1. The molecule has 1 N–H and O–H groups in total. The third-order valence-electron chi connectivity index (χ3n) is 7.83. The molecule has 3 heterocycles. The number of anilines is 1. The van der Waals surface area contributed by atoms with E-state index in [1.54, 1.807) is 23.1 Å². The molecule has 2 amide bonds. The predicted octanol–water partition coefficient (Wildman–Crippen LogP) is 8.43. The number of benzene rings is 2. The van der Waals surface area contributed by atoms with Crippen molar-refractivity contribution < 1.29 is 31.6 Å². The largest absolute Gasteiger partial charge is 0.416 e. The van der Waals surface area contributed by atoms with Gasteiger partial charge in [-0.3, -0.25) is 0 Å². The highest BCUT2D eigenvalue weighted by Crippen LogP contribution is 2.46. The molecule has 0 spiro atoms. The summed E-state index contributed by atoms with van der Waals surface area (Å²) in [6, 6.07) is 6.41. The Morgan fingerprint density at radius 3 is 2.38 bits per heavy atom. The molecule has 2 aromatic carbocycles. The van der Waals surface area contributed by atoms with Crippen LogP contribution in [-0.4, -0.2) is 34.3 Å². The van der Waals surface area contributed by atoms with Gasteiger partial charge in [0.15, 0.2) is 0 Å². The number of carbonyl (C=O) groups is 1. The van der Waals surface area contributed by atoms with Crippen LogP contribution in [0.1, 0.15) is 61.3 Å². The van der Waals surface area contributed by atoms with Crippen LogP contribution in [0.2, 0.25) is 10.0 Å². The van der Waals surface area contributed by atoms with Crippen LogP contribution in [0.4, 0.5) is 28.0 Å². The number of piperidine rings is 1. The predicted molar refractivity (Wildman–Crippen MR) is 141 cm³/mol. The van der Waals surface area contributed by atoms with Crippen molar-refractivity contribution in [3.63, 3.8) is 0 Å². The third-order valence-corrected chi connectivity index (χ3v) is 8.46. The molecular weight excluding hydrogens is 573 g/mol. The number of hydrogen-bond acceptors (Lipinski definition) is 4. The first-order valence-electron chi connectivity index (χ1n) is 13.1. The molecule has 3 aromatic rings. The number of hydrogen-bond donors (Lipinski definition) is 1. The van der Waals surface area contributed by atoms with Crippen molar-refractivity contribution >= 4 is 34.9 Å². The lowest BCUT2D eigenvalue weighted by Gasteiger charge is -2.38. The molecule has 0 radical (unpaired) electrons. The first kappa shape index (κ1) is 27.4. The second kappa shape index (κ2) is 10.5. The van der Waals surface area contributed by atoms with Crippen molar-refractivity contribution in [1.29, 1.82) is 0 Å². The first-order valence-corrected chi connectivity index (χ1v) is 13.9. The van der Waals surface area contributed by atoms with Crippen LogP contribution in [0, 0.1) is 5.82 Å². The Morgan fingerprint density at radius 2 is 1.75 bits per heavy atom. The summed E-state index contributed by atoms with van der Waals surface area (Å²) in [6.07, 6.45) is -0.246. The standard InChI is InChI=1S/C28H25Cl2F4N3O3/c29-22-2-1-3-23(30)24(22)25-21(26(40-36-25)14-4-5-14)13-39-20-11-18-6-7-19(12-20)37(18)27(38)35-17-9-15(28(32,33)34)8-16(31)10-17/h1-3,8-10,14,18-20H,4-7,11-13H2,(H,35,38). The molecule has 1 saturated carbocycles. The van der Waals surface area contributed by atoms with Crippen molar-refractivity contribution in [2.75, 3.05) is 5.32 Å². The summed E-state index contributed by atoms with van der Waals surface area (Å²) in [6.45, 7) is 0.242. The fourth-order valence-electron chi connectivity index (χ4n) is 5.86. The van der Waals surface area contributed by atoms with E-state index in [0.717, 1.165) is 49.1 Å². The molecule has 2 unspecified atom stereocenters. The average Bonchev–Trinajstić information content (AvgIpc) is 3.58. The van der Waals surface area contributed by atoms with Gasteiger partial charge in [0.1, 0.15) is 17.3 Å². The first-order chi connectivity index (χ1) is 19.1. The fraction of sp³-hybridized carbons (Fsp3) is 0.429. The summed E-state index contributed by atoms with van der Waals surface area (Å²) in [5.41, 5.74) is 0.579. The highest BCUT2D eigenvalue weighted by molar-refractivity contribution is 6.39. The van der Waals surface area contributed by atoms with Crippen LogP contribution in [0.15, 0.2) is 40.9 Å². The van der Waals surface area contributed by atoms with Crippen LogP contribution in [-0.2, 0) is 17.5 Å². The van der Waals surface area contributed by atoms with Crippen molar-refractivity contribution in [1.82, 2.24) is 10.1 Å². The number of nitrogens with one attached hydrogen (secondary N) is 1. The van der Waals surface area contributed by atoms with Gasteiger partial charge in [0, 0.05) is 34.8 Å². The van der Waals surface area contributed by atoms with Crippen molar-refractivity contribution in [2.24, 2.45) is 0 Å². The van der Waals surface area contributed by atoms with Gasteiger partial charge in [-0.25, -0.2) is 9.18 Å². The third kappa shape index (κ3) is 5.41. The lowest BCUT2D eigenvalue weighted by molar-refractivity contribution is -0.137. The Balaban J connectivity index is 1.14. The molecule has 6 rings (SSSR count). The maximum absolute atomic E-state index is 13.8. The molecule has 6 nitrogen and oxygen atoms in total. The van der Waals surface area contributed by atoms with Crippen LogP contribution >= 0.6 is 23.2 Å². The number of aromatic nitrogens is 1. The van der Waals surface area contributed by atoms with E-state index >= 15 is 0 Å². The molecule has 2 aliphatic heterocycles. The Hall–Kier alpha value is -2.82. The minimum absolute atomic E-state index is 0.149. The lowest BCUT2D eigenvalue weighted by Crippen LogP contribution is -2.50. The molecule has 40 heavy (non-hydrogen) atoms. The number of amides is 2. The van der Waals surface area contributed by atoms with Crippen LogP contribution < -0.4 is 5.32 Å². The van der Waals surface area contributed by atoms with Gasteiger partial charge in [-0.05, 0) is 68.9 Å². The smallest absolute Gasteiger partial charge is 0.373 e. The number of halogens is 6. The van der Waals surface area contributed by atoms with Gasteiger partial charge in [0.25, 0.3) is 0 Å². The Bertz CT molecular complexity index is 1410. The SMILES string of the molecule is O=C(Nc1cc(F)cc(C(F)(F)F)c1)N1C2CCC1CC(OCc1c(-c3c(Cl)cccc3Cl)noc1C1CC1)C2. The molecule has 12 heteroatoms. The fourth-order valence-corrected chi connectivity index (χ4v) is 6.43. The zero-order valence-corrected chi connectivity index (χ0v) is 22.6. The van der Waals surface area contributed by atoms with Gasteiger partial charge in [-0.2, -0.15) is 13.2 Å². The molecule has 212 valence electrons. The number of alkyl halides is 3. The Morgan fingerprint density at radius 1 is 1.07 bits per heavy atom. The molecule has 1 aromatic heterocycles. The number of nitrogens with zero attached hydrogens (tertiary/aromatic N) is 2. The zero-order valence-electron chi connectivity index (χ0n) is 21.1. The van der Waals surface area contributed by atoms with Crippen LogP contribution in [0.5, 0.6) is 0 Å². The van der Waals surface area contributed by atoms with E-state index in [0.29, 0.717) is 40.2 Å². The summed E-state index contributed by atoms with van der Waals surface area (Å²) < 4.78 is 65.2. The van der Waals surface area contributed by atoms with Crippen molar-refractivity contribution in [3.05, 3.63) is 69.1 Å². The maximum Gasteiger partial charge on any atom is 0.416 e. The van der Waals surface area contributed by atoms with E-state index in [9.17, 15) is 22.4 Å². The van der Waals surface area contributed by atoms with Crippen molar-refractivity contribution in [2.45, 2.75) is 75.4 Å². The maximum atomic E-state index is 13.8. The molecule has 1 aliphatic carbocycles. The molecule has 2 atom stereocenters. The second-order valence-corrected chi connectivity index (χ2v) is 11.4. The normalized spacial score (nSPS) is 22.6. The quantitative estimate of drug-likeness (QED) is 0.289. The number of fused-ring (bicyclic) bond motifs is 2. The summed E-state index contributed by atoms with van der Waals surface area (Å²) in [7, 11) is 0. The van der Waals surface area contributed by atoms with Crippen molar-refractivity contribution in [3.8, 4) is 11.3 Å². The van der Waals surface area contributed by atoms with Gasteiger partial charge in [-0.15, -0.1) is 0 Å². The molecule has 2 saturated heterocycles. The highest BCUT2D eigenvalue weighted by Gasteiger charge is 2.44. The Kier molecular flexibility index (Phi) is 7.21. The van der Waals surface area contributed by atoms with Gasteiger partial charge >= 0.3 is 12.2 Å². The highest BCUT2D eigenvalue weighted by atomic mass is 35.5. The van der Waals surface area contributed by atoms with Gasteiger partial charge in [0.05, 0.1) is 28.3 Å². The number of carbonyl (C=O) groups excluding carboxylic acids is 1. The number of urea groups is 1.